The fourth-order valence-corrected chi connectivity index (χ4v) is 3.21. The summed E-state index contributed by atoms with van der Waals surface area (Å²) < 4.78 is 23.5. The maximum atomic E-state index is 12.3. The highest BCUT2D eigenvalue weighted by Gasteiger charge is 2.35. The molecular formula is C10H20N4O3S. The molecular weight excluding hydrogens is 256 g/mol. The summed E-state index contributed by atoms with van der Waals surface area (Å²) in [5.74, 6) is 0.487. The molecule has 0 radical (unpaired) electrons. The standard InChI is InChI=1S/C10H20N4O3S/c1-8-6-12-7-9(8)10(15)13-2-4-14(5-3-13)18(11,16)17/h8-9,12H,2-7H2,1H3,(H2,11,16,17). The van der Waals surface area contributed by atoms with Crippen LogP contribution in [0.2, 0.25) is 0 Å². The molecule has 7 nitrogen and oxygen atoms in total. The van der Waals surface area contributed by atoms with Gasteiger partial charge in [-0.3, -0.25) is 4.79 Å². The molecule has 18 heavy (non-hydrogen) atoms. The lowest BCUT2D eigenvalue weighted by atomic mass is 9.96. The Hall–Kier alpha value is -0.700. The molecule has 2 rings (SSSR count). The molecule has 104 valence electrons. The zero-order valence-electron chi connectivity index (χ0n) is 10.5. The number of carbonyl (C=O) groups is 1. The quantitative estimate of drug-likeness (QED) is 0.621. The summed E-state index contributed by atoms with van der Waals surface area (Å²) in [7, 11) is -3.62. The summed E-state index contributed by atoms with van der Waals surface area (Å²) in [4.78, 5) is 14.0. The highest BCUT2D eigenvalue weighted by Crippen LogP contribution is 2.19. The van der Waals surface area contributed by atoms with Crippen molar-refractivity contribution in [1.29, 1.82) is 0 Å². The highest BCUT2D eigenvalue weighted by atomic mass is 32.2. The van der Waals surface area contributed by atoms with E-state index in [4.69, 9.17) is 5.14 Å². The first-order valence-corrected chi connectivity index (χ1v) is 7.67. The second-order valence-electron chi connectivity index (χ2n) is 5.01. The Morgan fingerprint density at radius 1 is 1.22 bits per heavy atom. The topological polar surface area (TPSA) is 95.7 Å². The van der Waals surface area contributed by atoms with Gasteiger partial charge in [0.1, 0.15) is 0 Å². The largest absolute Gasteiger partial charge is 0.340 e. The van der Waals surface area contributed by atoms with Gasteiger partial charge in [0.15, 0.2) is 0 Å². The number of carbonyl (C=O) groups excluding carboxylic acids is 1. The molecule has 2 aliphatic rings. The Kier molecular flexibility index (Phi) is 3.90. The summed E-state index contributed by atoms with van der Waals surface area (Å²) in [6.45, 7) is 5.08. The van der Waals surface area contributed by atoms with Gasteiger partial charge in [0.25, 0.3) is 10.2 Å². The predicted octanol–water partition coefficient (Wildman–Crippen LogP) is -1.81. The van der Waals surface area contributed by atoms with Gasteiger partial charge < -0.3 is 10.2 Å². The maximum Gasteiger partial charge on any atom is 0.277 e. The zero-order chi connectivity index (χ0) is 13.3. The Labute approximate surface area is 107 Å². The highest BCUT2D eigenvalue weighted by molar-refractivity contribution is 7.86. The lowest BCUT2D eigenvalue weighted by Gasteiger charge is -2.34. The molecule has 3 N–H and O–H groups in total. The number of nitrogens with two attached hydrogens (primary N) is 1. The van der Waals surface area contributed by atoms with E-state index in [0.29, 0.717) is 32.1 Å². The Morgan fingerprint density at radius 3 is 2.28 bits per heavy atom. The molecule has 2 saturated heterocycles. The van der Waals surface area contributed by atoms with E-state index in [9.17, 15) is 13.2 Å². The van der Waals surface area contributed by atoms with E-state index < -0.39 is 10.2 Å². The zero-order valence-corrected chi connectivity index (χ0v) is 11.3. The van der Waals surface area contributed by atoms with Crippen LogP contribution in [-0.4, -0.2) is 62.8 Å². The molecule has 0 saturated carbocycles. The molecule has 0 aromatic heterocycles. The molecule has 2 atom stereocenters. The molecule has 2 heterocycles. The molecule has 1 amide bonds. The number of rotatable bonds is 2. The van der Waals surface area contributed by atoms with E-state index in [1.165, 1.54) is 4.31 Å². The van der Waals surface area contributed by atoms with Crippen LogP contribution in [0.1, 0.15) is 6.92 Å². The summed E-state index contributed by atoms with van der Waals surface area (Å²) in [6.07, 6.45) is 0. The molecule has 2 fully saturated rings. The lowest BCUT2D eigenvalue weighted by molar-refractivity contribution is -0.137. The van der Waals surface area contributed by atoms with Crippen LogP contribution in [0.15, 0.2) is 0 Å². The first-order chi connectivity index (χ1) is 8.39. The third-order valence-corrected chi connectivity index (χ3v) is 4.83. The molecule has 0 aromatic rings. The number of hydrogen-bond donors (Lipinski definition) is 2. The van der Waals surface area contributed by atoms with E-state index in [0.717, 1.165) is 13.1 Å². The Balaban J connectivity index is 1.92. The van der Waals surface area contributed by atoms with Gasteiger partial charge in [-0.2, -0.15) is 12.7 Å². The normalized spacial score (nSPS) is 30.7. The predicted molar refractivity (Wildman–Crippen MR) is 66.8 cm³/mol. The number of amides is 1. The first-order valence-electron chi connectivity index (χ1n) is 6.17. The SMILES string of the molecule is CC1CNCC1C(=O)N1CCN(S(N)(=O)=O)CC1. The van der Waals surface area contributed by atoms with Crippen molar-refractivity contribution in [3.63, 3.8) is 0 Å². The number of hydrogen-bond acceptors (Lipinski definition) is 4. The van der Waals surface area contributed by atoms with Gasteiger partial charge in [-0.05, 0) is 12.5 Å². The molecule has 2 aliphatic heterocycles. The molecule has 2 unspecified atom stereocenters. The third-order valence-electron chi connectivity index (χ3n) is 3.74. The number of nitrogens with one attached hydrogen (secondary N) is 1. The van der Waals surface area contributed by atoms with Gasteiger partial charge in [-0.25, -0.2) is 5.14 Å². The monoisotopic (exact) mass is 276 g/mol. The molecule has 8 heteroatoms. The average molecular weight is 276 g/mol. The van der Waals surface area contributed by atoms with Crippen LogP contribution in [0.25, 0.3) is 0 Å². The minimum atomic E-state index is -3.62. The van der Waals surface area contributed by atoms with Gasteiger partial charge >= 0.3 is 0 Å². The van der Waals surface area contributed by atoms with Gasteiger partial charge in [0, 0.05) is 32.7 Å². The Morgan fingerprint density at radius 2 is 1.83 bits per heavy atom. The fourth-order valence-electron chi connectivity index (χ4n) is 2.54. The van der Waals surface area contributed by atoms with Crippen molar-refractivity contribution in [3.05, 3.63) is 0 Å². The van der Waals surface area contributed by atoms with Crippen LogP contribution in [-0.2, 0) is 15.0 Å². The van der Waals surface area contributed by atoms with Crippen LogP contribution in [0, 0.1) is 11.8 Å². The number of nitrogens with zero attached hydrogens (tertiary/aromatic N) is 2. The summed E-state index contributed by atoms with van der Waals surface area (Å²) in [5.41, 5.74) is 0. The van der Waals surface area contributed by atoms with Gasteiger partial charge in [0.05, 0.1) is 5.92 Å². The third kappa shape index (κ3) is 2.82. The van der Waals surface area contributed by atoms with E-state index >= 15 is 0 Å². The molecule has 0 spiro atoms. The van der Waals surface area contributed by atoms with Gasteiger partial charge in [-0.1, -0.05) is 6.92 Å². The van der Waals surface area contributed by atoms with Crippen LogP contribution in [0.3, 0.4) is 0 Å². The van der Waals surface area contributed by atoms with E-state index in [1.807, 2.05) is 0 Å². The minimum absolute atomic E-state index is 0.0195. The van der Waals surface area contributed by atoms with Crippen molar-refractivity contribution in [3.8, 4) is 0 Å². The van der Waals surface area contributed by atoms with Crippen molar-refractivity contribution in [1.82, 2.24) is 14.5 Å². The van der Waals surface area contributed by atoms with Crippen molar-refractivity contribution in [2.24, 2.45) is 17.0 Å². The van der Waals surface area contributed by atoms with Crippen LogP contribution < -0.4 is 10.5 Å². The van der Waals surface area contributed by atoms with E-state index in [2.05, 4.69) is 12.2 Å². The smallest absolute Gasteiger partial charge is 0.277 e. The van der Waals surface area contributed by atoms with Gasteiger partial charge in [-0.15, -0.1) is 0 Å². The van der Waals surface area contributed by atoms with Crippen LogP contribution in [0.4, 0.5) is 0 Å². The molecule has 0 aromatic carbocycles. The lowest BCUT2D eigenvalue weighted by Crippen LogP contribution is -2.53. The fraction of sp³-hybridized carbons (Fsp3) is 0.900. The second-order valence-corrected chi connectivity index (χ2v) is 6.56. The van der Waals surface area contributed by atoms with Crippen molar-refractivity contribution < 1.29 is 13.2 Å². The van der Waals surface area contributed by atoms with Crippen molar-refractivity contribution in [2.45, 2.75) is 6.92 Å². The summed E-state index contributed by atoms with van der Waals surface area (Å²) >= 11 is 0. The maximum absolute atomic E-state index is 12.3. The van der Waals surface area contributed by atoms with Gasteiger partial charge in [0.2, 0.25) is 5.91 Å². The van der Waals surface area contributed by atoms with Crippen LogP contribution >= 0.6 is 0 Å². The van der Waals surface area contributed by atoms with Crippen molar-refractivity contribution >= 4 is 16.1 Å². The first kappa shape index (κ1) is 13.7. The molecule has 0 bridgehead atoms. The molecule has 0 aliphatic carbocycles. The minimum Gasteiger partial charge on any atom is -0.340 e. The van der Waals surface area contributed by atoms with Crippen molar-refractivity contribution in [2.75, 3.05) is 39.3 Å². The number of piperazine rings is 1. The van der Waals surface area contributed by atoms with E-state index in [1.54, 1.807) is 4.90 Å². The second kappa shape index (κ2) is 5.12. The summed E-state index contributed by atoms with van der Waals surface area (Å²) in [6, 6.07) is 0. The Bertz CT molecular complexity index is 417. The average Bonchev–Trinajstić information content (AvgIpc) is 2.73. The van der Waals surface area contributed by atoms with E-state index in [-0.39, 0.29) is 11.8 Å². The summed E-state index contributed by atoms with van der Waals surface area (Å²) in [5, 5.41) is 8.26. The van der Waals surface area contributed by atoms with Crippen LogP contribution in [0.5, 0.6) is 0 Å².